The quantitative estimate of drug-likeness (QED) is 0.671. The number of halogens is 1. The molecule has 0 fully saturated rings. The third-order valence-corrected chi connectivity index (χ3v) is 3.57. The highest BCUT2D eigenvalue weighted by atomic mass is 35.5. The molecule has 1 aromatic heterocycles. The number of nitrogens with zero attached hydrogens (tertiary/aromatic N) is 1. The van der Waals surface area contributed by atoms with Crippen molar-refractivity contribution >= 4 is 36.0 Å². The van der Waals surface area contributed by atoms with E-state index in [1.54, 1.807) is 0 Å². The van der Waals surface area contributed by atoms with E-state index in [0.717, 1.165) is 16.5 Å². The van der Waals surface area contributed by atoms with Crippen LogP contribution < -0.4 is 0 Å². The molecule has 96 valence electrons. The maximum Gasteiger partial charge on any atom is 0.175 e. The van der Waals surface area contributed by atoms with E-state index >= 15 is 0 Å². The van der Waals surface area contributed by atoms with Gasteiger partial charge >= 0.3 is 0 Å². The van der Waals surface area contributed by atoms with Crippen LogP contribution >= 0.6 is 11.6 Å². The highest BCUT2D eigenvalue weighted by Gasteiger charge is 2.11. The molecule has 0 aliphatic rings. The van der Waals surface area contributed by atoms with Crippen molar-refractivity contribution in [2.75, 3.05) is 0 Å². The van der Waals surface area contributed by atoms with Crippen LogP contribution in [0.1, 0.15) is 15.9 Å². The minimum Gasteiger partial charge on any atom is -0.342 e. The molecule has 0 spiro atoms. The first-order valence-corrected chi connectivity index (χ1v) is 6.65. The Labute approximate surface area is 123 Å². The average Bonchev–Trinajstić information content (AvgIpc) is 2.81. The van der Waals surface area contributed by atoms with Gasteiger partial charge in [-0.2, -0.15) is 0 Å². The second kappa shape index (κ2) is 5.18. The Hall–Kier alpha value is -2.00. The molecular formula is C16H11BClNO. The number of benzene rings is 2. The number of para-hydroxylation sites is 1. The molecule has 2 nitrogen and oxygen atoms in total. The Kier molecular flexibility index (Phi) is 3.37. The molecule has 0 bridgehead atoms. The lowest BCUT2D eigenvalue weighted by molar-refractivity contribution is 0.108. The van der Waals surface area contributed by atoms with E-state index in [0.29, 0.717) is 17.1 Å². The first-order valence-electron chi connectivity index (χ1n) is 6.27. The smallest absolute Gasteiger partial charge is 0.175 e. The number of fused-ring (bicyclic) bond motifs is 1. The first kappa shape index (κ1) is 13.0. The summed E-state index contributed by atoms with van der Waals surface area (Å²) >= 11 is 5.89. The van der Waals surface area contributed by atoms with Crippen LogP contribution in [0.15, 0.2) is 54.7 Å². The Bertz CT molecular complexity index is 777. The fourth-order valence-electron chi connectivity index (χ4n) is 2.36. The molecular weight excluding hydrogens is 268 g/mol. The van der Waals surface area contributed by atoms with E-state index in [2.05, 4.69) is 0 Å². The van der Waals surface area contributed by atoms with Crippen molar-refractivity contribution in [2.45, 2.75) is 6.54 Å². The summed E-state index contributed by atoms with van der Waals surface area (Å²) in [7, 11) is 5.44. The molecule has 0 amide bonds. The van der Waals surface area contributed by atoms with Gasteiger partial charge < -0.3 is 9.36 Å². The molecule has 20 heavy (non-hydrogen) atoms. The lowest BCUT2D eigenvalue weighted by Gasteiger charge is -2.05. The topological polar surface area (TPSA) is 22.0 Å². The summed E-state index contributed by atoms with van der Waals surface area (Å²) in [6.07, 6.45) is 1.81. The summed E-state index contributed by atoms with van der Waals surface area (Å²) in [5, 5.41) is 1.60. The van der Waals surface area contributed by atoms with Gasteiger partial charge in [0.15, 0.2) is 7.85 Å². The van der Waals surface area contributed by atoms with Crippen molar-refractivity contribution in [3.05, 3.63) is 70.9 Å². The van der Waals surface area contributed by atoms with Gasteiger partial charge in [-0.25, -0.2) is 0 Å². The summed E-state index contributed by atoms with van der Waals surface area (Å²) in [4.78, 5) is 11.5. The minimum atomic E-state index is -0.406. The van der Waals surface area contributed by atoms with Gasteiger partial charge in [0.2, 0.25) is 0 Å². The lowest BCUT2D eigenvalue weighted by atomic mass is 9.95. The Morgan fingerprint density at radius 2 is 1.80 bits per heavy atom. The highest BCUT2D eigenvalue weighted by molar-refractivity contribution is 6.63. The van der Waals surface area contributed by atoms with Gasteiger partial charge in [-0.15, -0.1) is 0 Å². The maximum absolute atomic E-state index is 11.5. The van der Waals surface area contributed by atoms with Crippen molar-refractivity contribution in [2.24, 2.45) is 0 Å². The van der Waals surface area contributed by atoms with Gasteiger partial charge in [-0.1, -0.05) is 41.9 Å². The number of carbonyl (C=O) groups is 1. The predicted molar refractivity (Wildman–Crippen MR) is 82.6 cm³/mol. The zero-order chi connectivity index (χ0) is 14.1. The van der Waals surface area contributed by atoms with Crippen LogP contribution in [0.4, 0.5) is 0 Å². The van der Waals surface area contributed by atoms with Gasteiger partial charge in [-0.05, 0) is 23.8 Å². The molecule has 0 aliphatic carbocycles. The number of rotatable bonds is 3. The van der Waals surface area contributed by atoms with Crippen LogP contribution in [0.2, 0.25) is 5.02 Å². The van der Waals surface area contributed by atoms with Gasteiger partial charge in [0.1, 0.15) is 5.68 Å². The SMILES string of the molecule is [B]C(=O)c1cn(Cc2ccc(Cl)cc2)c2ccccc12. The highest BCUT2D eigenvalue weighted by Crippen LogP contribution is 2.22. The van der Waals surface area contributed by atoms with E-state index in [4.69, 9.17) is 19.4 Å². The third kappa shape index (κ3) is 2.37. The molecule has 0 atom stereocenters. The van der Waals surface area contributed by atoms with E-state index in [9.17, 15) is 4.79 Å². The molecule has 0 aliphatic heterocycles. The lowest BCUT2D eigenvalue weighted by Crippen LogP contribution is -1.99. The maximum atomic E-state index is 11.5. The average molecular weight is 280 g/mol. The number of hydrogen-bond donors (Lipinski definition) is 0. The Morgan fingerprint density at radius 3 is 2.50 bits per heavy atom. The summed E-state index contributed by atoms with van der Waals surface area (Å²) in [5.41, 5.74) is 2.26. The van der Waals surface area contributed by atoms with Crippen LogP contribution in [0.5, 0.6) is 0 Å². The molecule has 0 saturated heterocycles. The standard InChI is InChI=1S/C16H11BClNO/c17-16(20)14-10-19(15-4-2-1-3-13(14)15)9-11-5-7-12(18)8-6-11/h1-8,10H,9H2. The van der Waals surface area contributed by atoms with Gasteiger partial charge in [-0.3, -0.25) is 0 Å². The largest absolute Gasteiger partial charge is 0.342 e. The summed E-state index contributed by atoms with van der Waals surface area (Å²) in [6, 6.07) is 15.4. The van der Waals surface area contributed by atoms with Crippen molar-refractivity contribution < 1.29 is 4.79 Å². The number of carbonyl (C=O) groups excluding carboxylic acids is 1. The predicted octanol–water partition coefficient (Wildman–Crippen LogP) is 3.65. The fraction of sp³-hybridized carbons (Fsp3) is 0.0625. The Balaban J connectivity index is 2.07. The van der Waals surface area contributed by atoms with Crippen molar-refractivity contribution in [3.63, 3.8) is 0 Å². The second-order valence-corrected chi connectivity index (χ2v) is 5.11. The molecule has 0 saturated carbocycles. The van der Waals surface area contributed by atoms with Crippen LogP contribution in [0, 0.1) is 0 Å². The van der Waals surface area contributed by atoms with Gasteiger partial charge in [0.05, 0.1) is 0 Å². The molecule has 4 heteroatoms. The minimum absolute atomic E-state index is 0.406. The van der Waals surface area contributed by atoms with Crippen molar-refractivity contribution in [1.82, 2.24) is 4.57 Å². The van der Waals surface area contributed by atoms with E-state index in [1.807, 2.05) is 59.3 Å². The van der Waals surface area contributed by atoms with Crippen LogP contribution in [0.25, 0.3) is 10.9 Å². The summed E-state index contributed by atoms with van der Waals surface area (Å²) in [6.45, 7) is 0.672. The monoisotopic (exact) mass is 279 g/mol. The van der Waals surface area contributed by atoms with Crippen molar-refractivity contribution in [3.8, 4) is 0 Å². The van der Waals surface area contributed by atoms with E-state index in [1.165, 1.54) is 0 Å². The molecule has 0 N–H and O–H groups in total. The normalized spacial score (nSPS) is 10.8. The molecule has 2 radical (unpaired) electrons. The van der Waals surface area contributed by atoms with Crippen LogP contribution in [-0.4, -0.2) is 18.1 Å². The third-order valence-electron chi connectivity index (χ3n) is 3.32. The molecule has 3 aromatic rings. The fourth-order valence-corrected chi connectivity index (χ4v) is 2.49. The molecule has 1 heterocycles. The summed E-state index contributed by atoms with van der Waals surface area (Å²) < 4.78 is 2.03. The van der Waals surface area contributed by atoms with Crippen LogP contribution in [0.3, 0.4) is 0 Å². The summed E-state index contributed by atoms with van der Waals surface area (Å²) in [5.74, 6) is 0. The zero-order valence-corrected chi connectivity index (χ0v) is 11.5. The van der Waals surface area contributed by atoms with E-state index < -0.39 is 5.68 Å². The van der Waals surface area contributed by atoms with Crippen LogP contribution in [-0.2, 0) is 6.54 Å². The zero-order valence-electron chi connectivity index (χ0n) is 10.7. The van der Waals surface area contributed by atoms with E-state index in [-0.39, 0.29) is 0 Å². The number of aromatic nitrogens is 1. The molecule has 0 unspecified atom stereocenters. The molecule has 3 rings (SSSR count). The first-order chi connectivity index (χ1) is 9.65. The molecule has 2 aromatic carbocycles. The number of hydrogen-bond acceptors (Lipinski definition) is 1. The second-order valence-electron chi connectivity index (χ2n) is 4.68. The van der Waals surface area contributed by atoms with Gasteiger partial charge in [0.25, 0.3) is 0 Å². The Morgan fingerprint density at radius 1 is 1.10 bits per heavy atom. The van der Waals surface area contributed by atoms with Gasteiger partial charge in [0, 0.05) is 34.2 Å². The van der Waals surface area contributed by atoms with Crippen molar-refractivity contribution in [1.29, 1.82) is 0 Å².